The third-order valence-electron chi connectivity index (χ3n) is 3.04. The van der Waals surface area contributed by atoms with Crippen molar-refractivity contribution in [1.29, 1.82) is 0 Å². The number of hydrogen-bond donors (Lipinski definition) is 1. The molecule has 0 unspecified atom stereocenters. The van der Waals surface area contributed by atoms with Crippen molar-refractivity contribution in [1.82, 2.24) is 4.98 Å². The van der Waals surface area contributed by atoms with Gasteiger partial charge < -0.3 is 4.98 Å². The molecule has 0 bridgehead atoms. The third-order valence-corrected chi connectivity index (χ3v) is 6.20. The summed E-state index contributed by atoms with van der Waals surface area (Å²) in [5, 5.41) is 0. The fourth-order valence-corrected chi connectivity index (χ4v) is 6.11. The summed E-state index contributed by atoms with van der Waals surface area (Å²) in [6.45, 7) is 11.5. The molecule has 5 radical (unpaired) electrons. The molecule has 0 aromatic carbocycles. The van der Waals surface area contributed by atoms with E-state index in [4.69, 9.17) is 0 Å². The van der Waals surface area contributed by atoms with Crippen molar-refractivity contribution in [3.05, 3.63) is 54.5 Å². The first-order chi connectivity index (χ1) is 7.80. The van der Waals surface area contributed by atoms with Gasteiger partial charge >= 0.3 is 0 Å². The van der Waals surface area contributed by atoms with Crippen LogP contribution in [0, 0.1) is 30.2 Å². The zero-order valence-electron chi connectivity index (χ0n) is 11.5. The van der Waals surface area contributed by atoms with Crippen molar-refractivity contribution >= 4 is 8.24 Å². The van der Waals surface area contributed by atoms with Crippen LogP contribution in [0.2, 0.25) is 13.1 Å². The average Bonchev–Trinajstić information content (AvgIpc) is 2.57. The summed E-state index contributed by atoms with van der Waals surface area (Å²) in [5.41, 5.74) is 1.69. The van der Waals surface area contributed by atoms with Crippen molar-refractivity contribution in [2.24, 2.45) is 0 Å². The quantitative estimate of drug-likeness (QED) is 0.734. The summed E-state index contributed by atoms with van der Waals surface area (Å²) >= 11 is 0. The second-order valence-electron chi connectivity index (χ2n) is 6.33. The maximum atomic E-state index is 3.83. The Kier molecular flexibility index (Phi) is 3.39. The first-order valence-corrected chi connectivity index (χ1v) is 9.24. The van der Waals surface area contributed by atoms with Gasteiger partial charge in [-0.3, -0.25) is 0 Å². The highest BCUT2D eigenvalue weighted by Crippen LogP contribution is 2.47. The number of allylic oxidation sites excluding steroid dienone is 4. The Morgan fingerprint density at radius 1 is 1.00 bits per heavy atom. The molecule has 1 fully saturated rings. The van der Waals surface area contributed by atoms with Gasteiger partial charge in [0.15, 0.2) is 0 Å². The lowest BCUT2D eigenvalue weighted by molar-refractivity contribution is 0.512. The van der Waals surface area contributed by atoms with Crippen LogP contribution < -0.4 is 4.98 Å². The average molecular weight is 244 g/mol. The standard InChI is InChI=1S/C15H22NSi/c1-15(2,3)16-17(4,5)14-11-10-12-8-6-7-9-13(12)14/h6-11,16H,1-5H3. The number of hydrogen-bond acceptors (Lipinski definition) is 1. The van der Waals surface area contributed by atoms with Crippen LogP contribution in [0.3, 0.4) is 0 Å². The van der Waals surface area contributed by atoms with Crippen molar-refractivity contribution in [3.63, 3.8) is 0 Å². The Morgan fingerprint density at radius 2 is 1.65 bits per heavy atom. The van der Waals surface area contributed by atoms with Crippen molar-refractivity contribution in [3.8, 4) is 0 Å². The molecular weight excluding hydrogens is 222 g/mol. The van der Waals surface area contributed by atoms with Gasteiger partial charge in [-0.15, -0.1) is 0 Å². The highest BCUT2D eigenvalue weighted by molar-refractivity contribution is 6.82. The Hall–Kier alpha value is -0.343. The molecule has 2 heteroatoms. The van der Waals surface area contributed by atoms with E-state index >= 15 is 0 Å². The highest BCUT2D eigenvalue weighted by Gasteiger charge is 2.46. The fraction of sp³-hybridized carbons (Fsp3) is 0.400. The minimum Gasteiger partial charge on any atom is -0.332 e. The Balaban J connectivity index is 2.12. The molecular formula is C15H22NSi. The second-order valence-corrected chi connectivity index (χ2v) is 10.4. The lowest BCUT2D eigenvalue weighted by Crippen LogP contribution is -2.58. The molecule has 0 aliphatic heterocycles. The normalized spacial score (nSPS) is 23.4. The van der Waals surface area contributed by atoms with E-state index in [1.165, 1.54) is 17.4 Å². The molecule has 0 spiro atoms. The molecule has 17 heavy (non-hydrogen) atoms. The minimum atomic E-state index is -1.58. The topological polar surface area (TPSA) is 12.0 Å². The zero-order chi connectivity index (χ0) is 12.7. The fourth-order valence-electron chi connectivity index (χ4n) is 2.70. The lowest BCUT2D eigenvalue weighted by Gasteiger charge is -2.39. The smallest absolute Gasteiger partial charge is 0.127 e. The Bertz CT molecular complexity index is 335. The largest absolute Gasteiger partial charge is 0.332 e. The monoisotopic (exact) mass is 244 g/mol. The molecule has 0 aromatic rings. The summed E-state index contributed by atoms with van der Waals surface area (Å²) in [6, 6.07) is 0. The van der Waals surface area contributed by atoms with Crippen molar-refractivity contribution in [2.45, 2.75) is 39.4 Å². The van der Waals surface area contributed by atoms with Gasteiger partial charge in [0.1, 0.15) is 8.24 Å². The van der Waals surface area contributed by atoms with E-state index in [1.54, 1.807) is 0 Å². The maximum Gasteiger partial charge on any atom is 0.127 e. The molecule has 1 N–H and O–H groups in total. The van der Waals surface area contributed by atoms with Gasteiger partial charge in [0, 0.05) is 17.4 Å². The summed E-state index contributed by atoms with van der Waals surface area (Å²) in [4.78, 5) is 3.83. The maximum absolute atomic E-state index is 3.83. The van der Waals surface area contributed by atoms with Crippen LogP contribution in [-0.4, -0.2) is 13.8 Å². The van der Waals surface area contributed by atoms with Crippen LogP contribution in [0.15, 0.2) is 24.3 Å². The molecule has 0 aromatic heterocycles. The van der Waals surface area contributed by atoms with E-state index in [0.717, 1.165) is 0 Å². The number of nitrogens with one attached hydrogen (secondary N) is 1. The molecule has 0 heterocycles. The lowest BCUT2D eigenvalue weighted by atomic mass is 9.92. The second kappa shape index (κ2) is 4.40. The van der Waals surface area contributed by atoms with E-state index in [1.807, 2.05) is 0 Å². The highest BCUT2D eigenvalue weighted by atomic mass is 28.3. The molecule has 0 amide bonds. The SMILES string of the molecule is CC(C)(C)N[Si](C)(C)[C]1[CH][CH][C]2C=CC=C[C]21. The van der Waals surface area contributed by atoms with Crippen molar-refractivity contribution < 1.29 is 0 Å². The Labute approximate surface area is 107 Å². The van der Waals surface area contributed by atoms with Crippen LogP contribution in [-0.2, 0) is 0 Å². The van der Waals surface area contributed by atoms with E-state index in [9.17, 15) is 0 Å². The number of fused-ring (bicyclic) bond motifs is 1. The van der Waals surface area contributed by atoms with Crippen LogP contribution in [0.4, 0.5) is 0 Å². The molecule has 91 valence electrons. The first kappa shape index (κ1) is 13.1. The minimum absolute atomic E-state index is 0.175. The molecule has 2 rings (SSSR count). The van der Waals surface area contributed by atoms with Gasteiger partial charge in [-0.1, -0.05) is 37.4 Å². The van der Waals surface area contributed by atoms with Crippen LogP contribution in [0.25, 0.3) is 0 Å². The van der Waals surface area contributed by atoms with Gasteiger partial charge in [0.2, 0.25) is 0 Å². The van der Waals surface area contributed by atoms with Crippen LogP contribution in [0.1, 0.15) is 20.8 Å². The summed E-state index contributed by atoms with van der Waals surface area (Å²) < 4.78 is 0. The molecule has 1 nitrogen and oxygen atoms in total. The van der Waals surface area contributed by atoms with Gasteiger partial charge in [-0.25, -0.2) is 0 Å². The summed E-state index contributed by atoms with van der Waals surface area (Å²) in [6.07, 6.45) is 13.2. The van der Waals surface area contributed by atoms with E-state index in [0.29, 0.717) is 0 Å². The van der Waals surface area contributed by atoms with E-state index in [-0.39, 0.29) is 5.54 Å². The van der Waals surface area contributed by atoms with E-state index in [2.05, 4.69) is 76.0 Å². The predicted octanol–water partition coefficient (Wildman–Crippen LogP) is 3.39. The molecule has 2 aliphatic rings. The molecule has 0 atom stereocenters. The number of rotatable bonds is 2. The van der Waals surface area contributed by atoms with Gasteiger partial charge in [-0.2, -0.15) is 0 Å². The first-order valence-electron chi connectivity index (χ1n) is 6.24. The van der Waals surface area contributed by atoms with Gasteiger partial charge in [0.25, 0.3) is 0 Å². The molecule has 1 saturated carbocycles. The summed E-state index contributed by atoms with van der Waals surface area (Å²) in [5.74, 6) is 2.78. The molecule has 2 aliphatic carbocycles. The third kappa shape index (κ3) is 2.91. The Morgan fingerprint density at radius 3 is 2.29 bits per heavy atom. The predicted molar refractivity (Wildman–Crippen MR) is 77.0 cm³/mol. The molecule has 0 saturated heterocycles. The van der Waals surface area contributed by atoms with Crippen LogP contribution in [0.5, 0.6) is 0 Å². The van der Waals surface area contributed by atoms with E-state index < -0.39 is 8.24 Å². The van der Waals surface area contributed by atoms with Crippen LogP contribution >= 0.6 is 0 Å². The van der Waals surface area contributed by atoms with Crippen molar-refractivity contribution in [2.75, 3.05) is 0 Å². The summed E-state index contributed by atoms with van der Waals surface area (Å²) in [7, 11) is -1.58. The van der Waals surface area contributed by atoms with Gasteiger partial charge in [0.05, 0.1) is 0 Å². The zero-order valence-corrected chi connectivity index (χ0v) is 12.5. The van der Waals surface area contributed by atoms with Gasteiger partial charge in [-0.05, 0) is 39.2 Å².